The van der Waals surface area contributed by atoms with Gasteiger partial charge in [0.05, 0.1) is 16.3 Å². The number of aromatic nitrogens is 3. The number of sulfone groups is 1. The Hall–Kier alpha value is -1.70. The lowest BCUT2D eigenvalue weighted by Crippen LogP contribution is -2.06. The first kappa shape index (κ1) is 17.1. The third-order valence-electron chi connectivity index (χ3n) is 3.70. The summed E-state index contributed by atoms with van der Waals surface area (Å²) in [4.78, 5) is 0.170. The van der Waals surface area contributed by atoms with Gasteiger partial charge in [-0.1, -0.05) is 38.8 Å². The molecule has 24 heavy (non-hydrogen) atoms. The summed E-state index contributed by atoms with van der Waals surface area (Å²) < 4.78 is 27.9. The highest BCUT2D eigenvalue weighted by molar-refractivity contribution is 9.10. The van der Waals surface area contributed by atoms with Gasteiger partial charge < -0.3 is 0 Å². The molecule has 0 bridgehead atoms. The van der Waals surface area contributed by atoms with Gasteiger partial charge in [-0.3, -0.25) is 0 Å². The molecule has 1 heterocycles. The third-order valence-corrected chi connectivity index (χ3v) is 6.42. The SMILES string of the molecule is Cc1c(Cl)cccc1-n1nnc(S(=O)(=O)c2ccc(Br)cc2)c1C. The zero-order valence-electron chi connectivity index (χ0n) is 12.9. The van der Waals surface area contributed by atoms with Gasteiger partial charge in [0.1, 0.15) is 0 Å². The highest BCUT2D eigenvalue weighted by Crippen LogP contribution is 2.27. The topological polar surface area (TPSA) is 64.8 Å². The Balaban J connectivity index is 2.13. The van der Waals surface area contributed by atoms with E-state index in [1.807, 2.05) is 13.0 Å². The standard InChI is InChI=1S/C16H13BrClN3O2S/c1-10-14(18)4-3-5-15(10)21-11(2)16(19-20-21)24(22,23)13-8-6-12(17)7-9-13/h3-9H,1-2H3. The molecule has 0 saturated carbocycles. The molecule has 3 aromatic rings. The molecule has 124 valence electrons. The molecule has 3 rings (SSSR count). The first-order chi connectivity index (χ1) is 11.3. The number of hydrogen-bond donors (Lipinski definition) is 0. The predicted octanol–water partition coefficient (Wildman–Crippen LogP) is 4.13. The second-order valence-electron chi connectivity index (χ2n) is 5.23. The van der Waals surface area contributed by atoms with Gasteiger partial charge in [-0.25, -0.2) is 13.1 Å². The molecular formula is C16H13BrClN3O2S. The predicted molar refractivity (Wildman–Crippen MR) is 95.4 cm³/mol. The lowest BCUT2D eigenvalue weighted by Gasteiger charge is -2.09. The van der Waals surface area contributed by atoms with Crippen LogP contribution in [0.4, 0.5) is 0 Å². The van der Waals surface area contributed by atoms with Gasteiger partial charge in [-0.2, -0.15) is 0 Å². The Morgan fingerprint density at radius 3 is 2.42 bits per heavy atom. The molecule has 5 nitrogen and oxygen atoms in total. The van der Waals surface area contributed by atoms with Crippen molar-refractivity contribution in [3.63, 3.8) is 0 Å². The van der Waals surface area contributed by atoms with Crippen molar-refractivity contribution < 1.29 is 8.42 Å². The van der Waals surface area contributed by atoms with Crippen LogP contribution in [0.1, 0.15) is 11.3 Å². The lowest BCUT2D eigenvalue weighted by atomic mass is 10.2. The van der Waals surface area contributed by atoms with Crippen molar-refractivity contribution in [2.24, 2.45) is 0 Å². The van der Waals surface area contributed by atoms with Crippen molar-refractivity contribution in [3.8, 4) is 5.69 Å². The number of nitrogens with zero attached hydrogens (tertiary/aromatic N) is 3. The second-order valence-corrected chi connectivity index (χ2v) is 8.42. The van der Waals surface area contributed by atoms with Crippen LogP contribution in [0, 0.1) is 13.8 Å². The zero-order chi connectivity index (χ0) is 17.5. The fourth-order valence-electron chi connectivity index (χ4n) is 2.34. The minimum absolute atomic E-state index is 0.0656. The highest BCUT2D eigenvalue weighted by Gasteiger charge is 2.26. The van der Waals surface area contributed by atoms with Crippen LogP contribution in [0.2, 0.25) is 5.02 Å². The maximum Gasteiger partial charge on any atom is 0.227 e. The van der Waals surface area contributed by atoms with Crippen molar-refractivity contribution in [2.45, 2.75) is 23.8 Å². The van der Waals surface area contributed by atoms with E-state index in [2.05, 4.69) is 26.2 Å². The molecule has 0 aliphatic rings. The maximum absolute atomic E-state index is 12.8. The molecule has 0 N–H and O–H groups in total. The van der Waals surface area contributed by atoms with E-state index in [-0.39, 0.29) is 9.92 Å². The summed E-state index contributed by atoms with van der Waals surface area (Å²) in [6, 6.07) is 11.8. The molecule has 0 fully saturated rings. The van der Waals surface area contributed by atoms with E-state index in [0.29, 0.717) is 16.4 Å². The van der Waals surface area contributed by atoms with Crippen LogP contribution in [0.3, 0.4) is 0 Å². The largest absolute Gasteiger partial charge is 0.227 e. The molecule has 1 aromatic heterocycles. The molecular weight excluding hydrogens is 414 g/mol. The summed E-state index contributed by atoms with van der Waals surface area (Å²) in [5, 5.41) is 8.44. The summed E-state index contributed by atoms with van der Waals surface area (Å²) in [7, 11) is -3.74. The van der Waals surface area contributed by atoms with Gasteiger partial charge in [-0.05, 0) is 55.8 Å². The number of rotatable bonds is 3. The van der Waals surface area contributed by atoms with Gasteiger partial charge in [0.25, 0.3) is 0 Å². The van der Waals surface area contributed by atoms with Crippen LogP contribution in [-0.4, -0.2) is 23.4 Å². The lowest BCUT2D eigenvalue weighted by molar-refractivity contribution is 0.591. The number of hydrogen-bond acceptors (Lipinski definition) is 4. The fourth-order valence-corrected chi connectivity index (χ4v) is 4.11. The van der Waals surface area contributed by atoms with Crippen molar-refractivity contribution in [1.29, 1.82) is 0 Å². The van der Waals surface area contributed by atoms with Gasteiger partial charge >= 0.3 is 0 Å². The van der Waals surface area contributed by atoms with E-state index in [1.165, 1.54) is 16.8 Å². The van der Waals surface area contributed by atoms with Gasteiger partial charge in [0.2, 0.25) is 14.9 Å². The van der Waals surface area contributed by atoms with Gasteiger partial charge in [-0.15, -0.1) is 5.10 Å². The summed E-state index contributed by atoms with van der Waals surface area (Å²) in [6.45, 7) is 3.52. The Morgan fingerprint density at radius 1 is 1.08 bits per heavy atom. The fraction of sp³-hybridized carbons (Fsp3) is 0.125. The van der Waals surface area contributed by atoms with Gasteiger partial charge in [0, 0.05) is 9.50 Å². The van der Waals surface area contributed by atoms with E-state index < -0.39 is 9.84 Å². The van der Waals surface area contributed by atoms with E-state index in [9.17, 15) is 8.42 Å². The van der Waals surface area contributed by atoms with E-state index in [1.54, 1.807) is 31.2 Å². The van der Waals surface area contributed by atoms with Crippen LogP contribution in [0.5, 0.6) is 0 Å². The minimum Gasteiger partial charge on any atom is -0.217 e. The van der Waals surface area contributed by atoms with Crippen molar-refractivity contribution in [2.75, 3.05) is 0 Å². The Morgan fingerprint density at radius 2 is 1.75 bits per heavy atom. The molecule has 0 saturated heterocycles. The van der Waals surface area contributed by atoms with Crippen LogP contribution in [0.25, 0.3) is 5.69 Å². The van der Waals surface area contributed by atoms with Crippen LogP contribution in [-0.2, 0) is 9.84 Å². The summed E-state index contributed by atoms with van der Waals surface area (Å²) in [5.41, 5.74) is 1.94. The smallest absolute Gasteiger partial charge is 0.217 e. The van der Waals surface area contributed by atoms with Crippen LogP contribution >= 0.6 is 27.5 Å². The van der Waals surface area contributed by atoms with Gasteiger partial charge in [0.15, 0.2) is 0 Å². The summed E-state index contributed by atoms with van der Waals surface area (Å²) >= 11 is 9.43. The summed E-state index contributed by atoms with van der Waals surface area (Å²) in [5.74, 6) is 0. The zero-order valence-corrected chi connectivity index (χ0v) is 16.0. The maximum atomic E-state index is 12.8. The average molecular weight is 427 g/mol. The van der Waals surface area contributed by atoms with Crippen molar-refractivity contribution in [1.82, 2.24) is 15.0 Å². The molecule has 0 aliphatic heterocycles. The average Bonchev–Trinajstić information content (AvgIpc) is 2.93. The van der Waals surface area contributed by atoms with Crippen molar-refractivity contribution >= 4 is 37.4 Å². The molecule has 0 radical (unpaired) electrons. The summed E-state index contributed by atoms with van der Waals surface area (Å²) in [6.07, 6.45) is 0. The molecule has 8 heteroatoms. The minimum atomic E-state index is -3.74. The molecule has 0 aliphatic carbocycles. The Labute approximate surface area is 153 Å². The second kappa shape index (κ2) is 6.31. The number of halogens is 2. The normalized spacial score (nSPS) is 11.7. The first-order valence-corrected chi connectivity index (χ1v) is 9.66. The van der Waals surface area contributed by atoms with E-state index >= 15 is 0 Å². The molecule has 2 aromatic carbocycles. The van der Waals surface area contributed by atoms with E-state index in [4.69, 9.17) is 11.6 Å². The Kier molecular flexibility index (Phi) is 4.50. The van der Waals surface area contributed by atoms with E-state index in [0.717, 1.165) is 10.0 Å². The van der Waals surface area contributed by atoms with Crippen molar-refractivity contribution in [3.05, 3.63) is 63.2 Å². The molecule has 0 unspecified atom stereocenters. The first-order valence-electron chi connectivity index (χ1n) is 7.01. The number of benzene rings is 2. The monoisotopic (exact) mass is 425 g/mol. The third kappa shape index (κ3) is 2.87. The van der Waals surface area contributed by atoms with Crippen LogP contribution in [0.15, 0.2) is 56.9 Å². The molecule has 0 amide bonds. The molecule has 0 spiro atoms. The molecule has 0 atom stereocenters. The Bertz CT molecular complexity index is 1010. The van der Waals surface area contributed by atoms with Crippen LogP contribution < -0.4 is 0 Å². The quantitative estimate of drug-likeness (QED) is 0.631. The highest BCUT2D eigenvalue weighted by atomic mass is 79.9.